The Morgan fingerprint density at radius 3 is 2.44 bits per heavy atom. The Morgan fingerprint density at radius 1 is 1.07 bits per heavy atom. The number of rotatable bonds is 7. The number of hydrogen-bond donors (Lipinski definition) is 0. The van der Waals surface area contributed by atoms with Gasteiger partial charge in [0.05, 0.1) is 5.69 Å². The predicted molar refractivity (Wildman–Crippen MR) is 102 cm³/mol. The molecule has 1 aromatic heterocycles. The minimum atomic E-state index is -1.14. The number of ketones is 1. The van der Waals surface area contributed by atoms with Crippen LogP contribution < -0.4 is 5.11 Å². The molecule has 3 aromatic rings. The molecule has 0 N–H and O–H groups in total. The minimum Gasteiger partial charge on any atom is -0.550 e. The van der Waals surface area contributed by atoms with Gasteiger partial charge >= 0.3 is 0 Å². The smallest absolute Gasteiger partial charge is 0.185 e. The fourth-order valence-corrected chi connectivity index (χ4v) is 2.70. The fraction of sp³-hybridized carbons (Fsp3) is 0.0952. The zero-order valence-corrected chi connectivity index (χ0v) is 15.1. The highest BCUT2D eigenvalue weighted by Gasteiger charge is 2.10. The number of carboxylic acid groups (broad SMARTS) is 1. The van der Waals surface area contributed by atoms with Gasteiger partial charge in [-0.3, -0.25) is 9.48 Å². The van der Waals surface area contributed by atoms with Crippen molar-refractivity contribution in [2.45, 2.75) is 13.0 Å². The highest BCUT2D eigenvalue weighted by atomic mass is 35.5. The van der Waals surface area contributed by atoms with Gasteiger partial charge in [0.15, 0.2) is 5.78 Å². The molecule has 1 heterocycles. The van der Waals surface area contributed by atoms with Crippen LogP contribution in [0.25, 0.3) is 17.3 Å². The van der Waals surface area contributed by atoms with Crippen molar-refractivity contribution in [1.29, 1.82) is 0 Å². The topological polar surface area (TPSA) is 75.0 Å². The molecule has 136 valence electrons. The number of carbonyl (C=O) groups is 2. The second-order valence-corrected chi connectivity index (χ2v) is 6.33. The molecular formula is C21H16ClN2O3-. The summed E-state index contributed by atoms with van der Waals surface area (Å²) in [6.45, 7) is 0.196. The molecule has 0 radical (unpaired) electrons. The molecule has 2 aromatic carbocycles. The highest BCUT2D eigenvalue weighted by Crippen LogP contribution is 2.23. The van der Waals surface area contributed by atoms with E-state index >= 15 is 0 Å². The first-order valence-corrected chi connectivity index (χ1v) is 8.71. The van der Waals surface area contributed by atoms with Crippen LogP contribution in [-0.2, 0) is 11.3 Å². The number of aromatic nitrogens is 2. The van der Waals surface area contributed by atoms with Crippen molar-refractivity contribution in [1.82, 2.24) is 9.78 Å². The summed E-state index contributed by atoms with van der Waals surface area (Å²) in [5, 5.41) is 15.7. The Kier molecular flexibility index (Phi) is 5.84. The summed E-state index contributed by atoms with van der Waals surface area (Å²) >= 11 is 5.85. The van der Waals surface area contributed by atoms with Crippen molar-refractivity contribution < 1.29 is 14.7 Å². The monoisotopic (exact) mass is 379 g/mol. The maximum absolute atomic E-state index is 12.4. The summed E-state index contributed by atoms with van der Waals surface area (Å²) in [7, 11) is 0. The number of benzene rings is 2. The van der Waals surface area contributed by atoms with E-state index < -0.39 is 5.97 Å². The van der Waals surface area contributed by atoms with Crippen LogP contribution in [0.5, 0.6) is 0 Å². The van der Waals surface area contributed by atoms with Crippen molar-refractivity contribution in [3.63, 3.8) is 0 Å². The van der Waals surface area contributed by atoms with Crippen LogP contribution >= 0.6 is 11.6 Å². The van der Waals surface area contributed by atoms with Gasteiger partial charge in [0, 0.05) is 46.8 Å². The second kappa shape index (κ2) is 8.47. The van der Waals surface area contributed by atoms with Crippen molar-refractivity contribution in [2.75, 3.05) is 0 Å². The summed E-state index contributed by atoms with van der Waals surface area (Å²) in [6, 6.07) is 16.1. The lowest BCUT2D eigenvalue weighted by molar-refractivity contribution is -0.306. The zero-order valence-electron chi connectivity index (χ0n) is 14.3. The van der Waals surface area contributed by atoms with Gasteiger partial charge in [0.2, 0.25) is 0 Å². The molecule has 27 heavy (non-hydrogen) atoms. The lowest BCUT2D eigenvalue weighted by Crippen LogP contribution is -2.23. The van der Waals surface area contributed by atoms with Gasteiger partial charge in [0.25, 0.3) is 0 Å². The molecule has 0 saturated carbocycles. The average molecular weight is 380 g/mol. The normalized spacial score (nSPS) is 11.0. The predicted octanol–water partition coefficient (Wildman–Crippen LogP) is 3.24. The Morgan fingerprint density at radius 2 is 1.78 bits per heavy atom. The van der Waals surface area contributed by atoms with Gasteiger partial charge in [-0.2, -0.15) is 5.10 Å². The van der Waals surface area contributed by atoms with Crippen LogP contribution in [0.3, 0.4) is 0 Å². The Labute approximate surface area is 161 Å². The molecule has 0 saturated heterocycles. The van der Waals surface area contributed by atoms with Gasteiger partial charge in [-0.1, -0.05) is 41.9 Å². The summed E-state index contributed by atoms with van der Waals surface area (Å²) in [6.07, 6.45) is 4.73. The molecule has 0 aliphatic heterocycles. The van der Waals surface area contributed by atoms with Crippen LogP contribution in [0.2, 0.25) is 5.02 Å². The van der Waals surface area contributed by atoms with Gasteiger partial charge in [-0.25, -0.2) is 0 Å². The zero-order chi connectivity index (χ0) is 19.2. The third-order valence-corrected chi connectivity index (χ3v) is 4.18. The molecule has 0 bridgehead atoms. The number of allylic oxidation sites excluding steroid dienone is 1. The first-order chi connectivity index (χ1) is 13.0. The number of halogens is 1. The molecular weight excluding hydrogens is 364 g/mol. The number of aliphatic carboxylic acids is 1. The van der Waals surface area contributed by atoms with Crippen molar-refractivity contribution in [3.05, 3.63) is 83.0 Å². The molecule has 6 heteroatoms. The van der Waals surface area contributed by atoms with Crippen LogP contribution in [0.4, 0.5) is 0 Å². The largest absolute Gasteiger partial charge is 0.550 e. The van der Waals surface area contributed by atoms with Crippen LogP contribution in [0.1, 0.15) is 22.3 Å². The molecule has 0 aliphatic rings. The highest BCUT2D eigenvalue weighted by molar-refractivity contribution is 6.30. The maximum Gasteiger partial charge on any atom is 0.185 e. The van der Waals surface area contributed by atoms with E-state index in [-0.39, 0.29) is 18.7 Å². The quantitative estimate of drug-likeness (QED) is 0.466. The average Bonchev–Trinajstić information content (AvgIpc) is 3.09. The maximum atomic E-state index is 12.4. The van der Waals surface area contributed by atoms with E-state index in [2.05, 4.69) is 5.10 Å². The number of aryl methyl sites for hydroxylation is 1. The van der Waals surface area contributed by atoms with Crippen molar-refractivity contribution >= 4 is 29.4 Å². The molecule has 0 spiro atoms. The number of carbonyl (C=O) groups excluding carboxylic acids is 2. The van der Waals surface area contributed by atoms with E-state index in [1.165, 1.54) is 6.08 Å². The summed E-state index contributed by atoms with van der Waals surface area (Å²) in [4.78, 5) is 23.1. The van der Waals surface area contributed by atoms with E-state index in [9.17, 15) is 14.7 Å². The SMILES string of the molecule is O=C([O-])CCn1cc(/C=C/C(=O)c2ccc(Cl)cc2)c(-c2ccccc2)n1. The molecule has 5 nitrogen and oxygen atoms in total. The third kappa shape index (κ3) is 4.92. The molecule has 0 aliphatic carbocycles. The summed E-state index contributed by atoms with van der Waals surface area (Å²) in [5.74, 6) is -1.30. The summed E-state index contributed by atoms with van der Waals surface area (Å²) < 4.78 is 1.55. The minimum absolute atomic E-state index is 0.136. The van der Waals surface area contributed by atoms with Crippen LogP contribution in [0.15, 0.2) is 66.9 Å². The molecule has 3 rings (SSSR count). The Balaban J connectivity index is 1.89. The van der Waals surface area contributed by atoms with E-state index in [0.29, 0.717) is 16.3 Å². The van der Waals surface area contributed by atoms with Gasteiger partial charge in [-0.05, 0) is 36.4 Å². The molecule has 0 atom stereocenters. The second-order valence-electron chi connectivity index (χ2n) is 5.89. The number of carboxylic acids is 1. The molecule has 0 unspecified atom stereocenters. The first-order valence-electron chi connectivity index (χ1n) is 8.33. The standard InChI is InChI=1S/C21H17ClN2O3/c22-18-9-6-15(7-10-18)19(25)11-8-17-14-24(13-12-20(26)27)23-21(17)16-4-2-1-3-5-16/h1-11,14H,12-13H2,(H,26,27)/p-1/b11-8+. The van der Waals surface area contributed by atoms with E-state index in [1.54, 1.807) is 41.2 Å². The fourth-order valence-electron chi connectivity index (χ4n) is 2.58. The van der Waals surface area contributed by atoms with Gasteiger partial charge in [-0.15, -0.1) is 0 Å². The van der Waals surface area contributed by atoms with E-state index in [0.717, 1.165) is 11.1 Å². The van der Waals surface area contributed by atoms with Gasteiger partial charge in [0.1, 0.15) is 0 Å². The Hall–Kier alpha value is -3.18. The van der Waals surface area contributed by atoms with Crippen LogP contribution in [0, 0.1) is 0 Å². The third-order valence-electron chi connectivity index (χ3n) is 3.93. The molecule has 0 fully saturated rings. The number of nitrogens with zero attached hydrogens (tertiary/aromatic N) is 2. The van der Waals surface area contributed by atoms with Crippen molar-refractivity contribution in [3.8, 4) is 11.3 Å². The number of hydrogen-bond acceptors (Lipinski definition) is 4. The van der Waals surface area contributed by atoms with Crippen LogP contribution in [-0.4, -0.2) is 21.5 Å². The summed E-state index contributed by atoms with van der Waals surface area (Å²) in [5.41, 5.74) is 2.81. The van der Waals surface area contributed by atoms with E-state index in [4.69, 9.17) is 11.6 Å². The molecule has 0 amide bonds. The van der Waals surface area contributed by atoms with E-state index in [1.807, 2.05) is 30.3 Å². The van der Waals surface area contributed by atoms with Crippen molar-refractivity contribution in [2.24, 2.45) is 0 Å². The lowest BCUT2D eigenvalue weighted by Gasteiger charge is -2.01. The Bertz CT molecular complexity index is 976. The first kappa shape index (κ1) is 18.6. The van der Waals surface area contributed by atoms with Gasteiger partial charge < -0.3 is 9.90 Å². The lowest BCUT2D eigenvalue weighted by atomic mass is 10.1.